The number of hydrogen-bond acceptors (Lipinski definition) is 4. The van der Waals surface area contributed by atoms with Gasteiger partial charge in [0, 0.05) is 12.7 Å². The van der Waals surface area contributed by atoms with Gasteiger partial charge in [-0.15, -0.1) is 0 Å². The summed E-state index contributed by atoms with van der Waals surface area (Å²) in [5.74, 6) is 0.639. The fourth-order valence-electron chi connectivity index (χ4n) is 1.22. The Morgan fingerprint density at radius 1 is 1.35 bits per heavy atom. The molecule has 0 spiro atoms. The second-order valence-electron chi connectivity index (χ2n) is 3.66. The smallest absolute Gasteiger partial charge is 0.175 e. The number of rotatable bonds is 6. The Kier molecular flexibility index (Phi) is 4.89. The fraction of sp³-hybridized carbons (Fsp3) is 0.364. The van der Waals surface area contributed by atoms with E-state index in [9.17, 15) is 8.42 Å². The zero-order valence-corrected chi connectivity index (χ0v) is 11.2. The van der Waals surface area contributed by atoms with Gasteiger partial charge in [0.2, 0.25) is 0 Å². The van der Waals surface area contributed by atoms with Crippen LogP contribution in [0.2, 0.25) is 0 Å². The van der Waals surface area contributed by atoms with Gasteiger partial charge in [-0.3, -0.25) is 0 Å². The molecule has 17 heavy (non-hydrogen) atoms. The van der Waals surface area contributed by atoms with E-state index in [1.165, 1.54) is 18.4 Å². The summed E-state index contributed by atoms with van der Waals surface area (Å²) in [4.78, 5) is 0.758. The van der Waals surface area contributed by atoms with Gasteiger partial charge < -0.3 is 10.5 Å². The molecule has 1 aromatic rings. The topological polar surface area (TPSA) is 69.4 Å². The van der Waals surface area contributed by atoms with E-state index in [-0.39, 0.29) is 4.90 Å². The fourth-order valence-corrected chi connectivity index (χ4v) is 1.99. The molecule has 94 valence electrons. The monoisotopic (exact) mass is 273 g/mol. The van der Waals surface area contributed by atoms with Crippen LogP contribution in [-0.2, 0) is 9.84 Å². The molecule has 0 heterocycles. The lowest BCUT2D eigenvalue weighted by Gasteiger charge is -2.06. The van der Waals surface area contributed by atoms with E-state index in [4.69, 9.17) is 22.7 Å². The van der Waals surface area contributed by atoms with Crippen LogP contribution >= 0.6 is 12.2 Å². The van der Waals surface area contributed by atoms with E-state index in [2.05, 4.69) is 0 Å². The summed E-state index contributed by atoms with van der Waals surface area (Å²) in [6, 6.07) is 6.32. The molecular formula is C11H15NO3S2. The molecule has 0 aliphatic carbocycles. The third-order valence-corrected chi connectivity index (χ3v) is 3.42. The molecule has 0 saturated heterocycles. The minimum Gasteiger partial charge on any atom is -0.494 e. The van der Waals surface area contributed by atoms with Crippen LogP contribution in [0.3, 0.4) is 0 Å². The van der Waals surface area contributed by atoms with Crippen molar-refractivity contribution in [3.8, 4) is 5.75 Å². The largest absolute Gasteiger partial charge is 0.494 e. The normalized spacial score (nSPS) is 11.1. The molecule has 6 heteroatoms. The van der Waals surface area contributed by atoms with Crippen LogP contribution in [0.4, 0.5) is 0 Å². The minimum atomic E-state index is -3.15. The number of hydrogen-bond donors (Lipinski definition) is 1. The molecule has 2 N–H and O–H groups in total. The van der Waals surface area contributed by atoms with Crippen molar-refractivity contribution >= 4 is 27.0 Å². The summed E-state index contributed by atoms with van der Waals surface area (Å²) >= 11 is 4.74. The van der Waals surface area contributed by atoms with Gasteiger partial charge >= 0.3 is 0 Å². The maximum absolute atomic E-state index is 11.2. The average molecular weight is 273 g/mol. The lowest BCUT2D eigenvalue weighted by atomic mass is 10.3. The Morgan fingerprint density at radius 2 is 1.94 bits per heavy atom. The van der Waals surface area contributed by atoms with E-state index in [1.807, 2.05) is 0 Å². The van der Waals surface area contributed by atoms with Crippen molar-refractivity contribution in [3.05, 3.63) is 24.3 Å². The van der Waals surface area contributed by atoms with Crippen LogP contribution in [0.1, 0.15) is 12.8 Å². The second-order valence-corrected chi connectivity index (χ2v) is 6.20. The SMILES string of the molecule is CS(=O)(=O)c1ccc(OCCCC(N)=S)cc1. The summed E-state index contributed by atoms with van der Waals surface area (Å²) < 4.78 is 27.8. The first-order valence-corrected chi connectivity index (χ1v) is 7.41. The molecule has 0 saturated carbocycles. The first-order chi connectivity index (χ1) is 7.89. The lowest BCUT2D eigenvalue weighted by Crippen LogP contribution is -2.09. The summed E-state index contributed by atoms with van der Waals surface area (Å²) in [5, 5.41) is 0. The summed E-state index contributed by atoms with van der Waals surface area (Å²) in [6.07, 6.45) is 2.57. The third-order valence-electron chi connectivity index (χ3n) is 2.09. The van der Waals surface area contributed by atoms with Gasteiger partial charge in [0.1, 0.15) is 5.75 Å². The van der Waals surface area contributed by atoms with E-state index >= 15 is 0 Å². The van der Waals surface area contributed by atoms with Gasteiger partial charge in [-0.1, -0.05) is 12.2 Å². The van der Waals surface area contributed by atoms with Gasteiger partial charge in [0.25, 0.3) is 0 Å². The number of ether oxygens (including phenoxy) is 1. The zero-order chi connectivity index (χ0) is 12.9. The molecule has 0 bridgehead atoms. The third kappa shape index (κ3) is 5.14. The Hall–Kier alpha value is -1.14. The molecular weight excluding hydrogens is 258 g/mol. The van der Waals surface area contributed by atoms with Crippen LogP contribution < -0.4 is 10.5 Å². The van der Waals surface area contributed by atoms with Gasteiger partial charge in [-0.25, -0.2) is 8.42 Å². The molecule has 0 aromatic heterocycles. The maximum atomic E-state index is 11.2. The first kappa shape index (κ1) is 13.9. The number of benzene rings is 1. The van der Waals surface area contributed by atoms with Crippen molar-refractivity contribution in [2.75, 3.05) is 12.9 Å². The molecule has 0 aliphatic rings. The van der Waals surface area contributed by atoms with Crippen molar-refractivity contribution in [1.29, 1.82) is 0 Å². The number of nitrogens with two attached hydrogens (primary N) is 1. The predicted octanol–water partition coefficient (Wildman–Crippen LogP) is 1.54. The van der Waals surface area contributed by atoms with Crippen molar-refractivity contribution in [3.63, 3.8) is 0 Å². The van der Waals surface area contributed by atoms with Crippen molar-refractivity contribution in [1.82, 2.24) is 0 Å². The summed E-state index contributed by atoms with van der Waals surface area (Å²) in [5.41, 5.74) is 5.35. The zero-order valence-electron chi connectivity index (χ0n) is 9.55. The Labute approximate surface area is 107 Å². The lowest BCUT2D eigenvalue weighted by molar-refractivity contribution is 0.313. The minimum absolute atomic E-state index is 0.285. The number of sulfone groups is 1. The van der Waals surface area contributed by atoms with E-state index in [1.54, 1.807) is 12.1 Å². The molecule has 0 aliphatic heterocycles. The van der Waals surface area contributed by atoms with Gasteiger partial charge in [-0.05, 0) is 30.7 Å². The molecule has 0 radical (unpaired) electrons. The van der Waals surface area contributed by atoms with Crippen molar-refractivity contribution < 1.29 is 13.2 Å². The van der Waals surface area contributed by atoms with Crippen LogP contribution in [0, 0.1) is 0 Å². The van der Waals surface area contributed by atoms with E-state index in [0.29, 0.717) is 23.8 Å². The van der Waals surface area contributed by atoms with Gasteiger partial charge in [-0.2, -0.15) is 0 Å². The predicted molar refractivity (Wildman–Crippen MR) is 71.1 cm³/mol. The Balaban J connectivity index is 2.49. The van der Waals surface area contributed by atoms with Crippen molar-refractivity contribution in [2.24, 2.45) is 5.73 Å². The highest BCUT2D eigenvalue weighted by Gasteiger charge is 2.06. The van der Waals surface area contributed by atoms with E-state index < -0.39 is 9.84 Å². The molecule has 1 aromatic carbocycles. The molecule has 0 fully saturated rings. The number of thiocarbonyl (C=S) groups is 1. The maximum Gasteiger partial charge on any atom is 0.175 e. The average Bonchev–Trinajstić information content (AvgIpc) is 2.23. The quantitative estimate of drug-likeness (QED) is 0.629. The highest BCUT2D eigenvalue weighted by Crippen LogP contribution is 2.15. The van der Waals surface area contributed by atoms with Gasteiger partial charge in [0.15, 0.2) is 9.84 Å². The molecule has 1 rings (SSSR count). The van der Waals surface area contributed by atoms with Crippen LogP contribution in [-0.4, -0.2) is 26.3 Å². The van der Waals surface area contributed by atoms with Gasteiger partial charge in [0.05, 0.1) is 16.5 Å². The van der Waals surface area contributed by atoms with Crippen LogP contribution in [0.25, 0.3) is 0 Å². The summed E-state index contributed by atoms with van der Waals surface area (Å²) in [7, 11) is -3.15. The molecule has 0 atom stereocenters. The molecule has 0 unspecified atom stereocenters. The molecule has 0 amide bonds. The van der Waals surface area contributed by atoms with Crippen LogP contribution in [0.5, 0.6) is 5.75 Å². The first-order valence-electron chi connectivity index (χ1n) is 5.11. The van der Waals surface area contributed by atoms with Crippen molar-refractivity contribution in [2.45, 2.75) is 17.7 Å². The van der Waals surface area contributed by atoms with E-state index in [0.717, 1.165) is 6.42 Å². The standard InChI is InChI=1S/C11H15NO3S2/c1-17(13,14)10-6-4-9(5-7-10)15-8-2-3-11(12)16/h4-7H,2-3,8H2,1H3,(H2,12,16). The highest BCUT2D eigenvalue weighted by molar-refractivity contribution is 7.90. The Morgan fingerprint density at radius 3 is 2.41 bits per heavy atom. The highest BCUT2D eigenvalue weighted by atomic mass is 32.2. The molecule has 4 nitrogen and oxygen atoms in total. The second kappa shape index (κ2) is 5.97. The Bertz CT molecular complexity index is 480. The van der Waals surface area contributed by atoms with Crippen LogP contribution in [0.15, 0.2) is 29.2 Å². The summed E-state index contributed by atoms with van der Waals surface area (Å²) in [6.45, 7) is 0.509.